The number of hydrogen-bond donors (Lipinski definition) is 2. The van der Waals surface area contributed by atoms with Crippen molar-refractivity contribution in [1.82, 2.24) is 5.32 Å². The summed E-state index contributed by atoms with van der Waals surface area (Å²) in [4.78, 5) is 10.8. The van der Waals surface area contributed by atoms with E-state index >= 15 is 0 Å². The minimum atomic E-state index is -0.908. The molecule has 17 heavy (non-hydrogen) atoms. The number of nitrogens with one attached hydrogen (secondary N) is 1. The lowest BCUT2D eigenvalue weighted by Crippen LogP contribution is -2.40. The van der Waals surface area contributed by atoms with Crippen molar-refractivity contribution in [3.8, 4) is 5.75 Å². The van der Waals surface area contributed by atoms with Gasteiger partial charge in [0.1, 0.15) is 12.4 Å². The Labute approximate surface area is 99.6 Å². The van der Waals surface area contributed by atoms with Crippen LogP contribution in [0.25, 0.3) is 0 Å². The largest absolute Gasteiger partial charge is 0.492 e. The highest BCUT2D eigenvalue weighted by molar-refractivity contribution is 5.88. The van der Waals surface area contributed by atoms with Crippen molar-refractivity contribution in [2.24, 2.45) is 0 Å². The van der Waals surface area contributed by atoms with E-state index in [1.165, 1.54) is 12.8 Å². The first kappa shape index (κ1) is 10.6. The second-order valence-electron chi connectivity index (χ2n) is 4.78. The fraction of sp³-hybridized carbons (Fsp3) is 0.462. The third kappa shape index (κ3) is 2.26. The molecule has 0 amide bonds. The molecular formula is C13H15NO3. The number of aromatic carboxylic acids is 1. The SMILES string of the molecule is O=C(O)c1ccc2c(c1)OCC(NC1CC1)C2. The second kappa shape index (κ2) is 4.04. The number of fused-ring (bicyclic) bond motifs is 1. The summed E-state index contributed by atoms with van der Waals surface area (Å²) in [5, 5.41) is 12.4. The van der Waals surface area contributed by atoms with Crippen LogP contribution >= 0.6 is 0 Å². The molecule has 1 heterocycles. The maximum Gasteiger partial charge on any atom is 0.335 e. The van der Waals surface area contributed by atoms with Crippen molar-refractivity contribution in [3.05, 3.63) is 29.3 Å². The van der Waals surface area contributed by atoms with E-state index in [9.17, 15) is 4.79 Å². The Morgan fingerprint density at radius 3 is 2.88 bits per heavy atom. The molecule has 4 heteroatoms. The number of benzene rings is 1. The van der Waals surface area contributed by atoms with Crippen LogP contribution in [0.2, 0.25) is 0 Å². The maximum atomic E-state index is 10.8. The lowest BCUT2D eigenvalue weighted by molar-refractivity contribution is 0.0696. The molecule has 1 saturated carbocycles. The summed E-state index contributed by atoms with van der Waals surface area (Å²) in [6.07, 6.45) is 3.45. The third-order valence-electron chi connectivity index (χ3n) is 3.27. The summed E-state index contributed by atoms with van der Waals surface area (Å²) < 4.78 is 5.63. The summed E-state index contributed by atoms with van der Waals surface area (Å²) in [5.41, 5.74) is 1.39. The first-order chi connectivity index (χ1) is 8.22. The van der Waals surface area contributed by atoms with Crippen LogP contribution in [-0.4, -0.2) is 29.8 Å². The van der Waals surface area contributed by atoms with Gasteiger partial charge in [-0.3, -0.25) is 0 Å². The van der Waals surface area contributed by atoms with Crippen LogP contribution in [-0.2, 0) is 6.42 Å². The zero-order chi connectivity index (χ0) is 11.8. The molecule has 1 aromatic carbocycles. The molecule has 0 radical (unpaired) electrons. The number of carboxylic acid groups (broad SMARTS) is 1. The summed E-state index contributed by atoms with van der Waals surface area (Å²) in [5.74, 6) is -0.187. The number of carboxylic acids is 1. The summed E-state index contributed by atoms with van der Waals surface area (Å²) in [6, 6.07) is 6.16. The van der Waals surface area contributed by atoms with Gasteiger partial charge in [0.05, 0.1) is 5.56 Å². The normalized spacial score (nSPS) is 22.7. The average molecular weight is 233 g/mol. The van der Waals surface area contributed by atoms with Gasteiger partial charge < -0.3 is 15.2 Å². The number of carbonyl (C=O) groups is 1. The molecule has 2 N–H and O–H groups in total. The second-order valence-corrected chi connectivity index (χ2v) is 4.78. The predicted octanol–water partition coefficient (Wildman–Crippen LogP) is 1.44. The van der Waals surface area contributed by atoms with Crippen molar-refractivity contribution in [1.29, 1.82) is 0 Å². The van der Waals surface area contributed by atoms with Crippen molar-refractivity contribution >= 4 is 5.97 Å². The van der Waals surface area contributed by atoms with Gasteiger partial charge in [-0.1, -0.05) is 6.07 Å². The van der Waals surface area contributed by atoms with Crippen LogP contribution in [0.15, 0.2) is 18.2 Å². The molecule has 1 aliphatic carbocycles. The Hall–Kier alpha value is -1.55. The molecule has 1 aromatic rings. The van der Waals surface area contributed by atoms with Crippen LogP contribution in [0, 0.1) is 0 Å². The van der Waals surface area contributed by atoms with Gasteiger partial charge in [0.2, 0.25) is 0 Å². The van der Waals surface area contributed by atoms with E-state index in [1.54, 1.807) is 12.1 Å². The van der Waals surface area contributed by atoms with Crippen LogP contribution in [0.1, 0.15) is 28.8 Å². The highest BCUT2D eigenvalue weighted by atomic mass is 16.5. The van der Waals surface area contributed by atoms with Crippen LogP contribution < -0.4 is 10.1 Å². The van der Waals surface area contributed by atoms with Gasteiger partial charge in [0, 0.05) is 12.1 Å². The van der Waals surface area contributed by atoms with Gasteiger partial charge >= 0.3 is 5.97 Å². The van der Waals surface area contributed by atoms with E-state index in [2.05, 4.69) is 5.32 Å². The molecule has 1 aliphatic heterocycles. The van der Waals surface area contributed by atoms with Crippen molar-refractivity contribution in [3.63, 3.8) is 0 Å². The zero-order valence-corrected chi connectivity index (χ0v) is 9.48. The highest BCUT2D eigenvalue weighted by Crippen LogP contribution is 2.28. The molecule has 0 bridgehead atoms. The number of ether oxygens (including phenoxy) is 1. The molecule has 0 saturated heterocycles. The van der Waals surface area contributed by atoms with E-state index in [0.717, 1.165) is 17.7 Å². The van der Waals surface area contributed by atoms with E-state index in [1.807, 2.05) is 6.07 Å². The Balaban J connectivity index is 1.76. The molecule has 3 rings (SSSR count). The summed E-state index contributed by atoms with van der Waals surface area (Å²) >= 11 is 0. The molecule has 4 nitrogen and oxygen atoms in total. The summed E-state index contributed by atoms with van der Waals surface area (Å²) in [6.45, 7) is 0.632. The van der Waals surface area contributed by atoms with E-state index < -0.39 is 5.97 Å². The van der Waals surface area contributed by atoms with Crippen molar-refractivity contribution in [2.45, 2.75) is 31.3 Å². The first-order valence-corrected chi connectivity index (χ1v) is 5.97. The van der Waals surface area contributed by atoms with Gasteiger partial charge in [0.25, 0.3) is 0 Å². The molecule has 1 fully saturated rings. The van der Waals surface area contributed by atoms with Crippen LogP contribution in [0.4, 0.5) is 0 Å². The van der Waals surface area contributed by atoms with Crippen molar-refractivity contribution < 1.29 is 14.6 Å². The first-order valence-electron chi connectivity index (χ1n) is 5.97. The quantitative estimate of drug-likeness (QED) is 0.829. The predicted molar refractivity (Wildman–Crippen MR) is 62.5 cm³/mol. The van der Waals surface area contributed by atoms with E-state index in [-0.39, 0.29) is 5.56 Å². The lowest BCUT2D eigenvalue weighted by Gasteiger charge is -2.26. The number of rotatable bonds is 3. The zero-order valence-electron chi connectivity index (χ0n) is 9.48. The molecular weight excluding hydrogens is 218 g/mol. The smallest absolute Gasteiger partial charge is 0.335 e. The van der Waals surface area contributed by atoms with E-state index in [4.69, 9.17) is 9.84 Å². The van der Waals surface area contributed by atoms with Gasteiger partial charge in [-0.05, 0) is 37.0 Å². The molecule has 2 aliphatic rings. The minimum Gasteiger partial charge on any atom is -0.492 e. The Morgan fingerprint density at radius 1 is 1.35 bits per heavy atom. The summed E-state index contributed by atoms with van der Waals surface area (Å²) in [7, 11) is 0. The molecule has 1 unspecified atom stereocenters. The van der Waals surface area contributed by atoms with Crippen molar-refractivity contribution in [2.75, 3.05) is 6.61 Å². The Kier molecular flexibility index (Phi) is 2.52. The highest BCUT2D eigenvalue weighted by Gasteiger charge is 2.28. The molecule has 90 valence electrons. The topological polar surface area (TPSA) is 58.6 Å². The molecule has 1 atom stereocenters. The van der Waals surface area contributed by atoms with Gasteiger partial charge in [-0.25, -0.2) is 4.79 Å². The van der Waals surface area contributed by atoms with Gasteiger partial charge in [0.15, 0.2) is 0 Å². The number of hydrogen-bond acceptors (Lipinski definition) is 3. The van der Waals surface area contributed by atoms with Crippen LogP contribution in [0.3, 0.4) is 0 Å². The monoisotopic (exact) mass is 233 g/mol. The minimum absolute atomic E-state index is 0.289. The maximum absolute atomic E-state index is 10.8. The fourth-order valence-corrected chi connectivity index (χ4v) is 2.20. The van der Waals surface area contributed by atoms with E-state index in [0.29, 0.717) is 18.7 Å². The fourth-order valence-electron chi connectivity index (χ4n) is 2.20. The standard InChI is InChI=1S/C13H15NO3/c15-13(16)9-2-1-8-5-11(14-10-3-4-10)7-17-12(8)6-9/h1-2,6,10-11,14H,3-5,7H2,(H,15,16). The lowest BCUT2D eigenvalue weighted by atomic mass is 10.0. The third-order valence-corrected chi connectivity index (χ3v) is 3.27. The average Bonchev–Trinajstić information content (AvgIpc) is 3.12. The van der Waals surface area contributed by atoms with Gasteiger partial charge in [-0.15, -0.1) is 0 Å². The van der Waals surface area contributed by atoms with Gasteiger partial charge in [-0.2, -0.15) is 0 Å². The Morgan fingerprint density at radius 2 is 2.18 bits per heavy atom. The molecule has 0 aromatic heterocycles. The van der Waals surface area contributed by atoms with Crippen LogP contribution in [0.5, 0.6) is 5.75 Å². The molecule has 0 spiro atoms. The Bertz CT molecular complexity index is 454.